The summed E-state index contributed by atoms with van der Waals surface area (Å²) in [5, 5.41) is 17.0. The Labute approximate surface area is 128 Å². The number of carboxylic acids is 1. The van der Waals surface area contributed by atoms with Crippen molar-refractivity contribution in [3.63, 3.8) is 0 Å². The molecule has 0 aliphatic heterocycles. The lowest BCUT2D eigenvalue weighted by Gasteiger charge is -2.36. The fourth-order valence-electron chi connectivity index (χ4n) is 2.86. The Bertz CT molecular complexity index is 509. The first-order chi connectivity index (χ1) is 9.99. The summed E-state index contributed by atoms with van der Waals surface area (Å²) in [5.41, 5.74) is 0.560. The maximum Gasteiger partial charge on any atom is 0.321 e. The molecule has 1 aliphatic rings. The van der Waals surface area contributed by atoms with Gasteiger partial charge in [-0.3, -0.25) is 10.1 Å². The van der Waals surface area contributed by atoms with Crippen molar-refractivity contribution in [1.82, 2.24) is 10.3 Å². The van der Waals surface area contributed by atoms with Crippen molar-refractivity contribution >= 4 is 28.5 Å². The number of nitrogens with one attached hydrogen (secondary N) is 2. The van der Waals surface area contributed by atoms with E-state index in [0.717, 1.165) is 37.8 Å². The summed E-state index contributed by atoms with van der Waals surface area (Å²) < 4.78 is 0. The van der Waals surface area contributed by atoms with Gasteiger partial charge < -0.3 is 10.4 Å². The third kappa shape index (κ3) is 4.70. The van der Waals surface area contributed by atoms with Crippen molar-refractivity contribution in [1.29, 1.82) is 0 Å². The molecule has 2 amide bonds. The van der Waals surface area contributed by atoms with Gasteiger partial charge in [-0.25, -0.2) is 9.78 Å². The molecule has 0 bridgehead atoms. The van der Waals surface area contributed by atoms with Gasteiger partial charge in [0.1, 0.15) is 0 Å². The van der Waals surface area contributed by atoms with E-state index in [-0.39, 0.29) is 17.9 Å². The molecular weight excluding hydrogens is 290 g/mol. The highest BCUT2D eigenvalue weighted by Crippen LogP contribution is 2.38. The second-order valence-corrected chi connectivity index (χ2v) is 6.59. The number of aryl methyl sites for hydroxylation is 1. The van der Waals surface area contributed by atoms with Crippen molar-refractivity contribution in [3.05, 3.63) is 11.1 Å². The number of nitrogens with zero attached hydrogens (tertiary/aromatic N) is 1. The van der Waals surface area contributed by atoms with Gasteiger partial charge in [0.25, 0.3) is 0 Å². The molecule has 0 spiro atoms. The van der Waals surface area contributed by atoms with Crippen LogP contribution in [-0.4, -0.2) is 28.6 Å². The van der Waals surface area contributed by atoms with Gasteiger partial charge in [0.05, 0.1) is 12.1 Å². The van der Waals surface area contributed by atoms with Crippen molar-refractivity contribution < 1.29 is 14.7 Å². The Balaban J connectivity index is 1.88. The SMILES string of the molecule is Cc1csc(NC(=O)NCC2(CC(=O)O)CCCCC2)n1. The maximum absolute atomic E-state index is 11.9. The van der Waals surface area contributed by atoms with Crippen LogP contribution < -0.4 is 10.6 Å². The molecule has 1 aromatic rings. The van der Waals surface area contributed by atoms with Crippen molar-refractivity contribution in [3.8, 4) is 0 Å². The van der Waals surface area contributed by atoms with E-state index in [1.807, 2.05) is 12.3 Å². The van der Waals surface area contributed by atoms with Crippen molar-refractivity contribution in [2.75, 3.05) is 11.9 Å². The van der Waals surface area contributed by atoms with Crippen LogP contribution in [0, 0.1) is 12.3 Å². The fraction of sp³-hybridized carbons (Fsp3) is 0.643. The molecule has 1 aliphatic carbocycles. The van der Waals surface area contributed by atoms with Crippen LogP contribution in [0.2, 0.25) is 0 Å². The van der Waals surface area contributed by atoms with Crippen molar-refractivity contribution in [2.24, 2.45) is 5.41 Å². The largest absolute Gasteiger partial charge is 0.481 e. The molecule has 1 heterocycles. The van der Waals surface area contributed by atoms with Gasteiger partial charge in [-0.1, -0.05) is 19.3 Å². The van der Waals surface area contributed by atoms with Crippen LogP contribution in [0.5, 0.6) is 0 Å². The van der Waals surface area contributed by atoms with Crippen LogP contribution >= 0.6 is 11.3 Å². The molecule has 0 unspecified atom stereocenters. The number of aliphatic carboxylic acids is 1. The number of urea groups is 1. The number of aromatic nitrogens is 1. The van der Waals surface area contributed by atoms with Gasteiger partial charge in [-0.05, 0) is 25.2 Å². The number of rotatable bonds is 5. The van der Waals surface area contributed by atoms with Gasteiger partial charge in [0.2, 0.25) is 0 Å². The summed E-state index contributed by atoms with van der Waals surface area (Å²) in [7, 11) is 0. The second-order valence-electron chi connectivity index (χ2n) is 5.73. The molecular formula is C14H21N3O3S. The molecule has 3 N–H and O–H groups in total. The van der Waals surface area contributed by atoms with E-state index in [1.165, 1.54) is 11.3 Å². The minimum Gasteiger partial charge on any atom is -0.481 e. The topological polar surface area (TPSA) is 91.3 Å². The molecule has 2 rings (SSSR count). The molecule has 1 aromatic heterocycles. The molecule has 116 valence electrons. The average molecular weight is 311 g/mol. The summed E-state index contributed by atoms with van der Waals surface area (Å²) in [6, 6.07) is -0.320. The highest BCUT2D eigenvalue weighted by Gasteiger charge is 2.34. The summed E-state index contributed by atoms with van der Waals surface area (Å²) in [4.78, 5) is 27.1. The standard InChI is InChI=1S/C14H21N3O3S/c1-10-8-21-13(16-10)17-12(20)15-9-14(7-11(18)19)5-3-2-4-6-14/h8H,2-7,9H2,1H3,(H,18,19)(H2,15,16,17,20). The zero-order valence-corrected chi connectivity index (χ0v) is 13.0. The maximum atomic E-state index is 11.9. The van der Waals surface area contributed by atoms with Crippen LogP contribution in [0.25, 0.3) is 0 Å². The predicted octanol–water partition coefficient (Wildman–Crippen LogP) is 3.00. The molecule has 1 fully saturated rings. The number of anilines is 1. The summed E-state index contributed by atoms with van der Waals surface area (Å²) in [6.45, 7) is 2.26. The minimum atomic E-state index is -0.797. The number of amides is 2. The third-order valence-electron chi connectivity index (χ3n) is 3.90. The Kier molecular flexibility index (Phi) is 5.17. The van der Waals surface area contributed by atoms with Gasteiger partial charge in [-0.15, -0.1) is 11.3 Å². The van der Waals surface area contributed by atoms with Crippen LogP contribution in [0.3, 0.4) is 0 Å². The number of carbonyl (C=O) groups is 2. The highest BCUT2D eigenvalue weighted by molar-refractivity contribution is 7.13. The van der Waals surface area contributed by atoms with E-state index < -0.39 is 5.97 Å². The highest BCUT2D eigenvalue weighted by atomic mass is 32.1. The molecule has 1 saturated carbocycles. The van der Waals surface area contributed by atoms with Gasteiger partial charge in [-0.2, -0.15) is 0 Å². The van der Waals surface area contributed by atoms with Gasteiger partial charge in [0, 0.05) is 11.9 Å². The molecule has 0 aromatic carbocycles. The molecule has 0 saturated heterocycles. The van der Waals surface area contributed by atoms with E-state index in [0.29, 0.717) is 11.7 Å². The van der Waals surface area contributed by atoms with E-state index in [9.17, 15) is 9.59 Å². The minimum absolute atomic E-state index is 0.115. The number of hydrogen-bond donors (Lipinski definition) is 3. The second kappa shape index (κ2) is 6.89. The normalized spacial score (nSPS) is 17.2. The number of hydrogen-bond acceptors (Lipinski definition) is 4. The fourth-order valence-corrected chi connectivity index (χ4v) is 3.54. The zero-order valence-electron chi connectivity index (χ0n) is 12.1. The van der Waals surface area contributed by atoms with Gasteiger partial charge in [0.15, 0.2) is 5.13 Å². The Morgan fingerprint density at radius 1 is 1.38 bits per heavy atom. The van der Waals surface area contributed by atoms with Crippen LogP contribution in [-0.2, 0) is 4.79 Å². The lowest BCUT2D eigenvalue weighted by molar-refractivity contribution is -0.140. The molecule has 6 nitrogen and oxygen atoms in total. The quantitative estimate of drug-likeness (QED) is 0.779. The third-order valence-corrected chi connectivity index (χ3v) is 4.78. The monoisotopic (exact) mass is 311 g/mol. The average Bonchev–Trinajstić information content (AvgIpc) is 2.82. The Morgan fingerprint density at radius 2 is 2.10 bits per heavy atom. The van der Waals surface area contributed by atoms with Crippen LogP contribution in [0.1, 0.15) is 44.2 Å². The molecule has 21 heavy (non-hydrogen) atoms. The smallest absolute Gasteiger partial charge is 0.321 e. The van der Waals surface area contributed by atoms with E-state index in [4.69, 9.17) is 5.11 Å². The lowest BCUT2D eigenvalue weighted by Crippen LogP contribution is -2.42. The molecule has 7 heteroatoms. The molecule has 0 radical (unpaired) electrons. The van der Waals surface area contributed by atoms with Crippen molar-refractivity contribution in [2.45, 2.75) is 45.4 Å². The first kappa shape index (κ1) is 15.8. The number of carboxylic acid groups (broad SMARTS) is 1. The number of thiazole rings is 1. The summed E-state index contributed by atoms with van der Waals surface area (Å²) in [6.07, 6.45) is 5.03. The lowest BCUT2D eigenvalue weighted by atomic mass is 9.72. The number of carbonyl (C=O) groups excluding carboxylic acids is 1. The van der Waals surface area contributed by atoms with E-state index >= 15 is 0 Å². The zero-order chi connectivity index (χ0) is 15.3. The predicted molar refractivity (Wildman–Crippen MR) is 81.6 cm³/mol. The Hall–Kier alpha value is -1.63. The summed E-state index contributed by atoms with van der Waals surface area (Å²) >= 11 is 1.37. The van der Waals surface area contributed by atoms with E-state index in [2.05, 4.69) is 15.6 Å². The first-order valence-corrected chi connectivity index (χ1v) is 8.06. The Morgan fingerprint density at radius 3 is 2.67 bits per heavy atom. The van der Waals surface area contributed by atoms with Gasteiger partial charge >= 0.3 is 12.0 Å². The van der Waals surface area contributed by atoms with Crippen LogP contribution in [0.4, 0.5) is 9.93 Å². The summed E-state index contributed by atoms with van der Waals surface area (Å²) in [5.74, 6) is -0.797. The van der Waals surface area contributed by atoms with E-state index in [1.54, 1.807) is 0 Å². The molecule has 0 atom stereocenters. The first-order valence-electron chi connectivity index (χ1n) is 7.18. The van der Waals surface area contributed by atoms with Crippen LogP contribution in [0.15, 0.2) is 5.38 Å².